The van der Waals surface area contributed by atoms with Crippen LogP contribution in [0.25, 0.3) is 11.0 Å². The van der Waals surface area contributed by atoms with E-state index in [1.807, 2.05) is 48.7 Å². The maximum Gasteiger partial charge on any atom is 0.166 e. The maximum atomic E-state index is 13.0. The zero-order valence-electron chi connectivity index (χ0n) is 13.9. The number of nitrogens with one attached hydrogen (secondary N) is 1. The third kappa shape index (κ3) is 4.26. The molecule has 0 aliphatic rings. The second-order valence-electron chi connectivity index (χ2n) is 5.75. The van der Waals surface area contributed by atoms with Crippen molar-refractivity contribution < 1.29 is 4.39 Å². The van der Waals surface area contributed by atoms with Crippen molar-refractivity contribution in [2.45, 2.75) is 21.6 Å². The van der Waals surface area contributed by atoms with Crippen molar-refractivity contribution in [3.8, 4) is 0 Å². The standard InChI is InChI=1S/C20H16FN3S2/c21-15-7-5-14(6-8-15)12-25-17-9-10-22-16(11-17)13-26-20-23-18-3-1-2-4-19(18)24-20/h1-11H,12-13H2,(H,23,24). The molecule has 2 heterocycles. The van der Waals surface area contributed by atoms with Crippen molar-refractivity contribution in [1.29, 1.82) is 0 Å². The van der Waals surface area contributed by atoms with Crippen LogP contribution in [-0.2, 0) is 11.5 Å². The van der Waals surface area contributed by atoms with Gasteiger partial charge in [-0.3, -0.25) is 4.98 Å². The van der Waals surface area contributed by atoms with Gasteiger partial charge in [0.15, 0.2) is 5.16 Å². The fraction of sp³-hybridized carbons (Fsp3) is 0.100. The minimum atomic E-state index is -0.201. The molecule has 0 saturated heterocycles. The summed E-state index contributed by atoms with van der Waals surface area (Å²) < 4.78 is 13.0. The van der Waals surface area contributed by atoms with Crippen molar-refractivity contribution in [2.75, 3.05) is 0 Å². The molecule has 0 aliphatic carbocycles. The topological polar surface area (TPSA) is 41.6 Å². The number of rotatable bonds is 6. The summed E-state index contributed by atoms with van der Waals surface area (Å²) >= 11 is 3.37. The van der Waals surface area contributed by atoms with E-state index in [1.54, 1.807) is 23.5 Å². The number of hydrogen-bond acceptors (Lipinski definition) is 4. The van der Waals surface area contributed by atoms with Gasteiger partial charge in [0.2, 0.25) is 0 Å². The average Bonchev–Trinajstić information content (AvgIpc) is 3.09. The number of aromatic amines is 1. The third-order valence-electron chi connectivity index (χ3n) is 3.83. The van der Waals surface area contributed by atoms with Crippen LogP contribution in [0.15, 0.2) is 76.9 Å². The molecule has 26 heavy (non-hydrogen) atoms. The van der Waals surface area contributed by atoms with Gasteiger partial charge >= 0.3 is 0 Å². The smallest absolute Gasteiger partial charge is 0.166 e. The highest BCUT2D eigenvalue weighted by Crippen LogP contribution is 2.26. The zero-order valence-corrected chi connectivity index (χ0v) is 15.5. The quantitative estimate of drug-likeness (QED) is 0.436. The highest BCUT2D eigenvalue weighted by Gasteiger charge is 2.05. The number of imidazole rings is 1. The van der Waals surface area contributed by atoms with E-state index in [1.165, 1.54) is 12.1 Å². The molecule has 0 radical (unpaired) electrons. The van der Waals surface area contributed by atoms with Crippen molar-refractivity contribution >= 4 is 34.6 Å². The molecule has 0 unspecified atom stereocenters. The van der Waals surface area contributed by atoms with E-state index in [4.69, 9.17) is 0 Å². The van der Waals surface area contributed by atoms with E-state index in [0.717, 1.165) is 43.8 Å². The third-order valence-corrected chi connectivity index (χ3v) is 5.80. The zero-order chi connectivity index (χ0) is 17.8. The Morgan fingerprint density at radius 2 is 1.77 bits per heavy atom. The van der Waals surface area contributed by atoms with Crippen LogP contribution in [0, 0.1) is 5.82 Å². The normalized spacial score (nSPS) is 11.1. The SMILES string of the molecule is Fc1ccc(CSc2ccnc(CSc3nc4ccccc4[nH]3)c2)cc1. The first kappa shape index (κ1) is 17.1. The van der Waals surface area contributed by atoms with Crippen LogP contribution in [0.1, 0.15) is 11.3 Å². The van der Waals surface area contributed by atoms with Gasteiger partial charge in [-0.1, -0.05) is 36.0 Å². The van der Waals surface area contributed by atoms with Crippen molar-refractivity contribution in [1.82, 2.24) is 15.0 Å². The lowest BCUT2D eigenvalue weighted by Crippen LogP contribution is -1.88. The first-order valence-corrected chi connectivity index (χ1v) is 10.1. The second kappa shape index (κ2) is 7.93. The molecule has 6 heteroatoms. The fourth-order valence-corrected chi connectivity index (χ4v) is 4.20. The molecular formula is C20H16FN3S2. The van der Waals surface area contributed by atoms with E-state index in [0.29, 0.717) is 0 Å². The molecule has 0 amide bonds. The summed E-state index contributed by atoms with van der Waals surface area (Å²) in [4.78, 5) is 13.5. The van der Waals surface area contributed by atoms with Gasteiger partial charge < -0.3 is 4.98 Å². The Morgan fingerprint density at radius 1 is 0.923 bits per heavy atom. The van der Waals surface area contributed by atoms with E-state index in [9.17, 15) is 4.39 Å². The van der Waals surface area contributed by atoms with Crippen LogP contribution in [0.5, 0.6) is 0 Å². The molecule has 4 aromatic rings. The van der Waals surface area contributed by atoms with Crippen LogP contribution in [0.4, 0.5) is 4.39 Å². The van der Waals surface area contributed by atoms with Crippen LogP contribution in [-0.4, -0.2) is 15.0 Å². The number of nitrogens with zero attached hydrogens (tertiary/aromatic N) is 2. The molecule has 0 spiro atoms. The summed E-state index contributed by atoms with van der Waals surface area (Å²) in [7, 11) is 0. The largest absolute Gasteiger partial charge is 0.333 e. The Balaban J connectivity index is 1.38. The Kier molecular flexibility index (Phi) is 5.22. The first-order valence-electron chi connectivity index (χ1n) is 8.16. The van der Waals surface area contributed by atoms with Crippen molar-refractivity contribution in [3.63, 3.8) is 0 Å². The molecule has 1 N–H and O–H groups in total. The second-order valence-corrected chi connectivity index (χ2v) is 7.76. The maximum absolute atomic E-state index is 13.0. The van der Waals surface area contributed by atoms with Gasteiger partial charge in [0, 0.05) is 22.6 Å². The van der Waals surface area contributed by atoms with E-state index in [-0.39, 0.29) is 5.82 Å². The number of halogens is 1. The van der Waals surface area contributed by atoms with Crippen LogP contribution in [0.3, 0.4) is 0 Å². The Labute approximate surface area is 159 Å². The predicted octanol–water partition coefficient (Wildman–Crippen LogP) is 5.68. The number of para-hydroxylation sites is 2. The summed E-state index contributed by atoms with van der Waals surface area (Å²) in [6, 6.07) is 18.8. The number of aromatic nitrogens is 3. The highest BCUT2D eigenvalue weighted by atomic mass is 32.2. The number of benzene rings is 2. The highest BCUT2D eigenvalue weighted by molar-refractivity contribution is 7.98. The molecule has 2 aromatic heterocycles. The number of thioether (sulfide) groups is 2. The molecular weight excluding hydrogens is 365 g/mol. The van der Waals surface area contributed by atoms with Crippen LogP contribution >= 0.6 is 23.5 Å². The number of fused-ring (bicyclic) bond motifs is 1. The molecule has 0 saturated carbocycles. The lowest BCUT2D eigenvalue weighted by molar-refractivity contribution is 0.627. The molecule has 0 fully saturated rings. The molecule has 2 aromatic carbocycles. The summed E-state index contributed by atoms with van der Waals surface area (Å²) in [6.07, 6.45) is 1.83. The van der Waals surface area contributed by atoms with E-state index >= 15 is 0 Å². The van der Waals surface area contributed by atoms with Gasteiger partial charge in [-0.25, -0.2) is 9.37 Å². The minimum Gasteiger partial charge on any atom is -0.333 e. The van der Waals surface area contributed by atoms with Crippen LogP contribution in [0.2, 0.25) is 0 Å². The minimum absolute atomic E-state index is 0.201. The molecule has 130 valence electrons. The van der Waals surface area contributed by atoms with Gasteiger partial charge in [0.25, 0.3) is 0 Å². The van der Waals surface area contributed by atoms with Gasteiger partial charge in [-0.05, 0) is 42.0 Å². The molecule has 0 atom stereocenters. The van der Waals surface area contributed by atoms with Gasteiger partial charge in [-0.2, -0.15) is 0 Å². The molecule has 3 nitrogen and oxygen atoms in total. The predicted molar refractivity (Wildman–Crippen MR) is 106 cm³/mol. The van der Waals surface area contributed by atoms with Crippen LogP contribution < -0.4 is 0 Å². The number of pyridine rings is 1. The average molecular weight is 382 g/mol. The monoisotopic (exact) mass is 381 g/mol. The summed E-state index contributed by atoms with van der Waals surface area (Å²) in [5.74, 6) is 1.36. The number of hydrogen-bond donors (Lipinski definition) is 1. The van der Waals surface area contributed by atoms with Gasteiger partial charge in [-0.15, -0.1) is 11.8 Å². The van der Waals surface area contributed by atoms with Gasteiger partial charge in [0.05, 0.1) is 16.7 Å². The Morgan fingerprint density at radius 3 is 2.62 bits per heavy atom. The van der Waals surface area contributed by atoms with E-state index < -0.39 is 0 Å². The van der Waals surface area contributed by atoms with Crippen molar-refractivity contribution in [3.05, 3.63) is 83.9 Å². The lowest BCUT2D eigenvalue weighted by Gasteiger charge is -2.04. The first-order chi connectivity index (χ1) is 12.8. The van der Waals surface area contributed by atoms with Gasteiger partial charge in [0.1, 0.15) is 5.82 Å². The Bertz CT molecular complexity index is 982. The van der Waals surface area contributed by atoms with E-state index in [2.05, 4.69) is 21.0 Å². The number of H-pyrrole nitrogens is 1. The molecule has 0 aliphatic heterocycles. The lowest BCUT2D eigenvalue weighted by atomic mass is 10.2. The molecule has 0 bridgehead atoms. The summed E-state index contributed by atoms with van der Waals surface area (Å²) in [6.45, 7) is 0. The summed E-state index contributed by atoms with van der Waals surface area (Å²) in [5.41, 5.74) is 4.14. The fourth-order valence-electron chi connectivity index (χ4n) is 2.51. The van der Waals surface area contributed by atoms with Crippen molar-refractivity contribution in [2.24, 2.45) is 0 Å². The molecule has 4 rings (SSSR count). The Hall–Kier alpha value is -2.31. The summed E-state index contributed by atoms with van der Waals surface area (Å²) in [5, 5.41) is 0.900.